The van der Waals surface area contributed by atoms with Crippen molar-refractivity contribution in [3.63, 3.8) is 0 Å². The highest BCUT2D eigenvalue weighted by Gasteiger charge is 2.28. The first-order valence-electron chi connectivity index (χ1n) is 7.50. The van der Waals surface area contributed by atoms with E-state index in [4.69, 9.17) is 4.42 Å². The minimum absolute atomic E-state index is 0.168. The summed E-state index contributed by atoms with van der Waals surface area (Å²) >= 11 is 0. The average Bonchev–Trinajstić information content (AvgIpc) is 3.02. The number of hydrogen-bond acceptors (Lipinski definition) is 2. The lowest BCUT2D eigenvalue weighted by Crippen LogP contribution is -2.35. The standard InChI is InChI=1S/C17H21NO2/c1-3-5-15-6-4-9-18(15)17(19)13-7-8-16-14(11-13)10-12(2)20-16/h7-8,10-11,15H,3-6,9H2,1-2H3. The Balaban J connectivity index is 1.87. The topological polar surface area (TPSA) is 33.5 Å². The SMILES string of the molecule is CCCC1CCCN1C(=O)c1ccc2oc(C)cc2c1. The highest BCUT2D eigenvalue weighted by Crippen LogP contribution is 2.26. The van der Waals surface area contributed by atoms with Crippen LogP contribution in [0.25, 0.3) is 11.0 Å². The fourth-order valence-electron chi connectivity index (χ4n) is 3.21. The normalized spacial score (nSPS) is 18.9. The second kappa shape index (κ2) is 5.31. The Kier molecular flexibility index (Phi) is 3.51. The second-order valence-electron chi connectivity index (χ2n) is 5.69. The van der Waals surface area contributed by atoms with Crippen LogP contribution in [0.3, 0.4) is 0 Å². The Labute approximate surface area is 119 Å². The fourth-order valence-corrected chi connectivity index (χ4v) is 3.21. The van der Waals surface area contributed by atoms with Gasteiger partial charge in [0.25, 0.3) is 5.91 Å². The molecule has 1 amide bonds. The summed E-state index contributed by atoms with van der Waals surface area (Å²) in [6.07, 6.45) is 4.52. The zero-order valence-electron chi connectivity index (χ0n) is 12.2. The molecule has 2 heterocycles. The van der Waals surface area contributed by atoms with Crippen LogP contribution in [0.1, 0.15) is 48.7 Å². The van der Waals surface area contributed by atoms with Crippen LogP contribution in [0.2, 0.25) is 0 Å². The van der Waals surface area contributed by atoms with Gasteiger partial charge in [-0.1, -0.05) is 13.3 Å². The van der Waals surface area contributed by atoms with E-state index in [1.165, 1.54) is 0 Å². The van der Waals surface area contributed by atoms with Crippen molar-refractivity contribution in [2.24, 2.45) is 0 Å². The molecular weight excluding hydrogens is 250 g/mol. The first-order valence-corrected chi connectivity index (χ1v) is 7.50. The van der Waals surface area contributed by atoms with Crippen molar-refractivity contribution in [3.05, 3.63) is 35.6 Å². The number of nitrogens with zero attached hydrogens (tertiary/aromatic N) is 1. The minimum Gasteiger partial charge on any atom is -0.461 e. The van der Waals surface area contributed by atoms with Crippen molar-refractivity contribution in [1.29, 1.82) is 0 Å². The maximum atomic E-state index is 12.7. The number of hydrogen-bond donors (Lipinski definition) is 0. The van der Waals surface area contributed by atoms with Crippen molar-refractivity contribution < 1.29 is 9.21 Å². The van der Waals surface area contributed by atoms with Crippen molar-refractivity contribution in [1.82, 2.24) is 4.90 Å². The molecule has 1 aromatic heterocycles. The highest BCUT2D eigenvalue weighted by atomic mass is 16.3. The molecule has 3 rings (SSSR count). The molecule has 0 spiro atoms. The quantitative estimate of drug-likeness (QED) is 0.840. The van der Waals surface area contributed by atoms with Crippen LogP contribution in [0, 0.1) is 6.92 Å². The third kappa shape index (κ3) is 2.33. The predicted molar refractivity (Wildman–Crippen MR) is 79.9 cm³/mol. The van der Waals surface area contributed by atoms with Gasteiger partial charge in [-0.2, -0.15) is 0 Å². The molecule has 2 aromatic rings. The molecule has 1 unspecified atom stereocenters. The van der Waals surface area contributed by atoms with Gasteiger partial charge in [0.05, 0.1) is 0 Å². The summed E-state index contributed by atoms with van der Waals surface area (Å²) in [7, 11) is 0. The smallest absolute Gasteiger partial charge is 0.254 e. The van der Waals surface area contributed by atoms with Crippen LogP contribution in [-0.4, -0.2) is 23.4 Å². The molecular formula is C17H21NO2. The Hall–Kier alpha value is -1.77. The van der Waals surface area contributed by atoms with Crippen molar-refractivity contribution >= 4 is 16.9 Å². The lowest BCUT2D eigenvalue weighted by atomic mass is 10.1. The monoisotopic (exact) mass is 271 g/mol. The molecule has 20 heavy (non-hydrogen) atoms. The summed E-state index contributed by atoms with van der Waals surface area (Å²) in [5.74, 6) is 1.05. The molecule has 1 fully saturated rings. The number of benzene rings is 1. The molecule has 1 aliphatic heterocycles. The molecule has 106 valence electrons. The second-order valence-corrected chi connectivity index (χ2v) is 5.69. The summed E-state index contributed by atoms with van der Waals surface area (Å²) < 4.78 is 5.56. The maximum Gasteiger partial charge on any atom is 0.254 e. The number of likely N-dealkylation sites (tertiary alicyclic amines) is 1. The molecule has 0 bridgehead atoms. The molecule has 1 aliphatic rings. The number of carbonyl (C=O) groups is 1. The Bertz CT molecular complexity index is 629. The van der Waals surface area contributed by atoms with Crippen LogP contribution in [0.15, 0.2) is 28.7 Å². The summed E-state index contributed by atoms with van der Waals surface area (Å²) in [4.78, 5) is 14.7. The molecule has 1 atom stereocenters. The zero-order chi connectivity index (χ0) is 14.1. The number of fused-ring (bicyclic) bond motifs is 1. The molecule has 1 saturated heterocycles. The van der Waals surface area contributed by atoms with E-state index >= 15 is 0 Å². The average molecular weight is 271 g/mol. The number of furan rings is 1. The Morgan fingerprint density at radius 3 is 3.05 bits per heavy atom. The van der Waals surface area contributed by atoms with Crippen molar-refractivity contribution in [2.45, 2.75) is 45.6 Å². The first-order chi connectivity index (χ1) is 9.69. The number of amides is 1. The van der Waals surface area contributed by atoms with E-state index < -0.39 is 0 Å². The Morgan fingerprint density at radius 2 is 2.25 bits per heavy atom. The van der Waals surface area contributed by atoms with E-state index in [1.54, 1.807) is 0 Å². The van der Waals surface area contributed by atoms with Gasteiger partial charge < -0.3 is 9.32 Å². The maximum absolute atomic E-state index is 12.7. The molecule has 0 saturated carbocycles. The zero-order valence-corrected chi connectivity index (χ0v) is 12.2. The molecule has 1 aromatic carbocycles. The van der Waals surface area contributed by atoms with Gasteiger partial charge in [0.2, 0.25) is 0 Å². The highest BCUT2D eigenvalue weighted by molar-refractivity contribution is 5.98. The van der Waals surface area contributed by atoms with Gasteiger partial charge in [0.1, 0.15) is 11.3 Å². The largest absolute Gasteiger partial charge is 0.461 e. The molecule has 0 aliphatic carbocycles. The summed E-state index contributed by atoms with van der Waals surface area (Å²) in [5, 5.41) is 1.01. The van der Waals surface area contributed by atoms with E-state index in [0.717, 1.165) is 54.5 Å². The third-order valence-electron chi connectivity index (χ3n) is 4.15. The number of aryl methyl sites for hydroxylation is 1. The molecule has 3 heteroatoms. The van der Waals surface area contributed by atoms with Crippen LogP contribution < -0.4 is 0 Å². The van der Waals surface area contributed by atoms with E-state index in [2.05, 4.69) is 11.8 Å². The van der Waals surface area contributed by atoms with E-state index in [-0.39, 0.29) is 5.91 Å². The number of rotatable bonds is 3. The molecule has 0 radical (unpaired) electrons. The minimum atomic E-state index is 0.168. The first kappa shape index (κ1) is 13.2. The van der Waals surface area contributed by atoms with Gasteiger partial charge in [0.15, 0.2) is 0 Å². The third-order valence-corrected chi connectivity index (χ3v) is 4.15. The van der Waals surface area contributed by atoms with Crippen LogP contribution in [0.4, 0.5) is 0 Å². The van der Waals surface area contributed by atoms with E-state index in [0.29, 0.717) is 6.04 Å². The van der Waals surface area contributed by atoms with Crippen molar-refractivity contribution in [3.8, 4) is 0 Å². The summed E-state index contributed by atoms with van der Waals surface area (Å²) in [6.45, 7) is 5.01. The summed E-state index contributed by atoms with van der Waals surface area (Å²) in [5.41, 5.74) is 1.63. The van der Waals surface area contributed by atoms with Gasteiger partial charge in [-0.25, -0.2) is 0 Å². The van der Waals surface area contributed by atoms with Gasteiger partial charge in [-0.3, -0.25) is 4.79 Å². The molecule has 3 nitrogen and oxygen atoms in total. The van der Waals surface area contributed by atoms with E-state index in [1.807, 2.05) is 31.2 Å². The van der Waals surface area contributed by atoms with Crippen LogP contribution in [0.5, 0.6) is 0 Å². The Morgan fingerprint density at radius 1 is 1.40 bits per heavy atom. The van der Waals surface area contributed by atoms with Gasteiger partial charge >= 0.3 is 0 Å². The van der Waals surface area contributed by atoms with E-state index in [9.17, 15) is 4.79 Å². The van der Waals surface area contributed by atoms with Gasteiger partial charge in [0, 0.05) is 23.5 Å². The lowest BCUT2D eigenvalue weighted by molar-refractivity contribution is 0.0730. The van der Waals surface area contributed by atoms with Crippen LogP contribution >= 0.6 is 0 Å². The summed E-state index contributed by atoms with van der Waals surface area (Å²) in [6, 6.07) is 8.15. The predicted octanol–water partition coefficient (Wildman–Crippen LogP) is 4.15. The van der Waals surface area contributed by atoms with Crippen molar-refractivity contribution in [2.75, 3.05) is 6.54 Å². The fraction of sp³-hybridized carbons (Fsp3) is 0.471. The van der Waals surface area contributed by atoms with Gasteiger partial charge in [-0.05, 0) is 50.5 Å². The lowest BCUT2D eigenvalue weighted by Gasteiger charge is -2.24. The molecule has 0 N–H and O–H groups in total. The van der Waals surface area contributed by atoms with Gasteiger partial charge in [-0.15, -0.1) is 0 Å². The number of carbonyl (C=O) groups excluding carboxylic acids is 1. The van der Waals surface area contributed by atoms with Crippen LogP contribution in [-0.2, 0) is 0 Å².